The van der Waals surface area contributed by atoms with Crippen LogP contribution in [-0.2, 0) is 0 Å². The molecule has 3 aromatic rings. The first kappa shape index (κ1) is 17.0. The van der Waals surface area contributed by atoms with Crippen LogP contribution in [0.1, 0.15) is 34.5 Å². The zero-order valence-corrected chi connectivity index (χ0v) is 15.1. The third-order valence-electron chi connectivity index (χ3n) is 4.68. The van der Waals surface area contributed by atoms with Gasteiger partial charge in [0.05, 0.1) is 0 Å². The van der Waals surface area contributed by atoms with Crippen molar-refractivity contribution in [2.45, 2.75) is 13.0 Å². The fourth-order valence-electron chi connectivity index (χ4n) is 3.33. The van der Waals surface area contributed by atoms with Crippen LogP contribution >= 0.6 is 0 Å². The van der Waals surface area contributed by atoms with Gasteiger partial charge in [0, 0.05) is 22.4 Å². The number of carbonyl (C=O) groups is 1. The van der Waals surface area contributed by atoms with E-state index in [2.05, 4.69) is 5.32 Å². The molecule has 1 aliphatic rings. The van der Waals surface area contributed by atoms with E-state index >= 15 is 0 Å². The fourth-order valence-corrected chi connectivity index (χ4v) is 3.33. The summed E-state index contributed by atoms with van der Waals surface area (Å²) >= 11 is 0. The summed E-state index contributed by atoms with van der Waals surface area (Å²) in [6.07, 6.45) is 0. The normalized spacial score (nSPS) is 16.5. The molecule has 1 N–H and O–H groups in total. The lowest BCUT2D eigenvalue weighted by Crippen LogP contribution is -2.32. The van der Waals surface area contributed by atoms with Gasteiger partial charge in [-0.15, -0.1) is 0 Å². The minimum atomic E-state index is -0.338. The number of Topliss-reactive ketones (excluding diaryl/α,β-unsaturated/α-hetero) is 1. The summed E-state index contributed by atoms with van der Waals surface area (Å²) < 4.78 is 0. The van der Waals surface area contributed by atoms with Gasteiger partial charge in [-0.1, -0.05) is 91.0 Å². The number of allylic oxidation sites excluding steroid dienone is 1. The van der Waals surface area contributed by atoms with Gasteiger partial charge in [0.15, 0.2) is 5.78 Å². The van der Waals surface area contributed by atoms with Crippen molar-refractivity contribution in [3.63, 3.8) is 0 Å². The summed E-state index contributed by atoms with van der Waals surface area (Å²) in [4.78, 5) is 18.2. The van der Waals surface area contributed by atoms with E-state index < -0.39 is 0 Å². The van der Waals surface area contributed by atoms with Crippen molar-refractivity contribution in [1.82, 2.24) is 5.32 Å². The molecule has 0 radical (unpaired) electrons. The Morgan fingerprint density at radius 2 is 1.37 bits per heavy atom. The molecule has 0 saturated heterocycles. The van der Waals surface area contributed by atoms with Crippen LogP contribution in [0, 0.1) is 0 Å². The third-order valence-corrected chi connectivity index (χ3v) is 4.68. The summed E-state index contributed by atoms with van der Waals surface area (Å²) in [7, 11) is 0. The maximum absolute atomic E-state index is 13.3. The van der Waals surface area contributed by atoms with Gasteiger partial charge in [-0.05, 0) is 12.5 Å². The minimum Gasteiger partial charge on any atom is -0.343 e. The molecule has 0 bridgehead atoms. The molecule has 0 amide bonds. The molecule has 27 heavy (non-hydrogen) atoms. The van der Waals surface area contributed by atoms with Crippen LogP contribution in [0.25, 0.3) is 0 Å². The van der Waals surface area contributed by atoms with Crippen molar-refractivity contribution in [3.05, 3.63) is 119 Å². The van der Waals surface area contributed by atoms with E-state index in [1.807, 2.05) is 97.9 Å². The van der Waals surface area contributed by atoms with Crippen LogP contribution < -0.4 is 5.32 Å². The lowest BCUT2D eigenvalue weighted by atomic mass is 9.89. The number of carbonyl (C=O) groups excluding carboxylic acids is 1. The predicted molar refractivity (Wildman–Crippen MR) is 109 cm³/mol. The van der Waals surface area contributed by atoms with Crippen LogP contribution in [0.3, 0.4) is 0 Å². The van der Waals surface area contributed by atoms with Crippen molar-refractivity contribution in [2.75, 3.05) is 0 Å². The Morgan fingerprint density at radius 1 is 0.815 bits per heavy atom. The van der Waals surface area contributed by atoms with Crippen molar-refractivity contribution in [2.24, 2.45) is 4.99 Å². The van der Waals surface area contributed by atoms with Gasteiger partial charge >= 0.3 is 0 Å². The largest absolute Gasteiger partial charge is 0.343 e. The Balaban J connectivity index is 1.81. The number of hydrogen-bond acceptors (Lipinski definition) is 3. The second kappa shape index (κ2) is 7.42. The molecule has 1 aliphatic heterocycles. The maximum atomic E-state index is 13.3. The van der Waals surface area contributed by atoms with E-state index in [1.54, 1.807) is 0 Å². The van der Waals surface area contributed by atoms with Crippen molar-refractivity contribution in [1.29, 1.82) is 0 Å². The molecular weight excluding hydrogens is 332 g/mol. The van der Waals surface area contributed by atoms with Gasteiger partial charge in [0.1, 0.15) is 11.9 Å². The highest BCUT2D eigenvalue weighted by Gasteiger charge is 2.29. The van der Waals surface area contributed by atoms with Crippen LogP contribution in [0.4, 0.5) is 0 Å². The SMILES string of the molecule is CC1=C(C(=O)c2ccccc2)C(c2ccccc2)N=C(c2ccccc2)N1. The number of amidine groups is 1. The number of benzene rings is 3. The van der Waals surface area contributed by atoms with Crippen LogP contribution in [0.5, 0.6) is 0 Å². The zero-order valence-electron chi connectivity index (χ0n) is 15.1. The number of ketones is 1. The summed E-state index contributed by atoms with van der Waals surface area (Å²) in [5.74, 6) is 0.789. The third kappa shape index (κ3) is 3.44. The van der Waals surface area contributed by atoms with Crippen molar-refractivity contribution >= 4 is 11.6 Å². The first-order valence-corrected chi connectivity index (χ1v) is 9.00. The lowest BCUT2D eigenvalue weighted by Gasteiger charge is -2.27. The number of nitrogens with one attached hydrogen (secondary N) is 1. The van der Waals surface area contributed by atoms with E-state index in [0.29, 0.717) is 11.1 Å². The molecule has 3 nitrogen and oxygen atoms in total. The van der Waals surface area contributed by atoms with Crippen LogP contribution in [0.2, 0.25) is 0 Å². The first-order valence-electron chi connectivity index (χ1n) is 9.00. The monoisotopic (exact) mass is 352 g/mol. The highest BCUT2D eigenvalue weighted by atomic mass is 16.1. The number of rotatable bonds is 4. The van der Waals surface area contributed by atoms with Gasteiger partial charge < -0.3 is 5.32 Å². The molecule has 4 rings (SSSR count). The number of nitrogens with zero attached hydrogens (tertiary/aromatic N) is 1. The summed E-state index contributed by atoms with van der Waals surface area (Å²) in [6, 6.07) is 29.0. The Kier molecular flexibility index (Phi) is 4.67. The number of hydrogen-bond donors (Lipinski definition) is 1. The summed E-state index contributed by atoms with van der Waals surface area (Å²) in [5, 5.41) is 3.34. The van der Waals surface area contributed by atoms with E-state index in [1.165, 1.54) is 0 Å². The Bertz CT molecular complexity index is 1010. The molecule has 1 unspecified atom stereocenters. The molecular formula is C24H20N2O. The summed E-state index contributed by atoms with van der Waals surface area (Å²) in [6.45, 7) is 1.95. The zero-order chi connectivity index (χ0) is 18.6. The highest BCUT2D eigenvalue weighted by Crippen LogP contribution is 2.33. The van der Waals surface area contributed by atoms with E-state index in [9.17, 15) is 4.79 Å². The molecule has 0 aliphatic carbocycles. The minimum absolute atomic E-state index is 0.00492. The molecule has 3 heteroatoms. The molecule has 0 aromatic heterocycles. The van der Waals surface area contributed by atoms with Crippen LogP contribution in [-0.4, -0.2) is 11.6 Å². The molecule has 3 aromatic carbocycles. The van der Waals surface area contributed by atoms with Crippen molar-refractivity contribution in [3.8, 4) is 0 Å². The Hall–Kier alpha value is -3.46. The number of aliphatic imine (C=N–C) groups is 1. The molecule has 0 spiro atoms. The molecule has 132 valence electrons. The molecule has 1 atom stereocenters. The van der Waals surface area contributed by atoms with Crippen LogP contribution in [0.15, 0.2) is 107 Å². The summed E-state index contributed by atoms with van der Waals surface area (Å²) in [5.41, 5.74) is 4.21. The van der Waals surface area contributed by atoms with Gasteiger partial charge in [-0.2, -0.15) is 0 Å². The average Bonchev–Trinajstić information content (AvgIpc) is 2.74. The van der Waals surface area contributed by atoms with E-state index in [0.717, 1.165) is 22.7 Å². The van der Waals surface area contributed by atoms with Gasteiger partial charge in [-0.25, -0.2) is 0 Å². The van der Waals surface area contributed by atoms with Gasteiger partial charge in [-0.3, -0.25) is 9.79 Å². The maximum Gasteiger partial charge on any atom is 0.193 e. The quantitative estimate of drug-likeness (QED) is 0.676. The lowest BCUT2D eigenvalue weighted by molar-refractivity contribution is 0.102. The average molecular weight is 352 g/mol. The standard InChI is InChI=1S/C24H20N2O/c1-17-21(23(27)19-13-7-3-8-14-19)22(18-11-5-2-6-12-18)26-24(25-17)20-15-9-4-10-16-20/h2-16,22H,1H3,(H,25,26). The topological polar surface area (TPSA) is 41.5 Å². The molecule has 0 fully saturated rings. The van der Waals surface area contributed by atoms with Crippen molar-refractivity contribution < 1.29 is 4.79 Å². The second-order valence-electron chi connectivity index (χ2n) is 6.52. The predicted octanol–water partition coefficient (Wildman–Crippen LogP) is 4.93. The highest BCUT2D eigenvalue weighted by molar-refractivity contribution is 6.12. The first-order chi connectivity index (χ1) is 13.2. The van der Waals surface area contributed by atoms with E-state index in [4.69, 9.17) is 4.99 Å². The Labute approximate surface area is 159 Å². The fraction of sp³-hybridized carbons (Fsp3) is 0.0833. The van der Waals surface area contributed by atoms with Gasteiger partial charge in [0.2, 0.25) is 0 Å². The molecule has 1 heterocycles. The second-order valence-corrected chi connectivity index (χ2v) is 6.52. The van der Waals surface area contributed by atoms with E-state index in [-0.39, 0.29) is 11.8 Å². The van der Waals surface area contributed by atoms with Gasteiger partial charge in [0.25, 0.3) is 0 Å². The smallest absolute Gasteiger partial charge is 0.193 e. The molecule has 0 saturated carbocycles. The Morgan fingerprint density at radius 3 is 2.00 bits per heavy atom.